The molecule has 6 heteroatoms. The van der Waals surface area contributed by atoms with Gasteiger partial charge in [-0.1, -0.05) is 42.5 Å². The lowest BCUT2D eigenvalue weighted by Crippen LogP contribution is -2.31. The summed E-state index contributed by atoms with van der Waals surface area (Å²) >= 11 is 0. The number of hydrogen-bond acceptors (Lipinski definition) is 4. The van der Waals surface area contributed by atoms with E-state index in [-0.39, 0.29) is 36.8 Å². The Kier molecular flexibility index (Phi) is 7.63. The molecule has 138 valence electrons. The first kappa shape index (κ1) is 19.9. The maximum Gasteiger partial charge on any atom is 0.338 e. The lowest BCUT2D eigenvalue weighted by Gasteiger charge is -2.11. The van der Waals surface area contributed by atoms with Crippen molar-refractivity contribution < 1.29 is 14.3 Å². The minimum atomic E-state index is -0.364. The van der Waals surface area contributed by atoms with Crippen LogP contribution in [0.25, 0.3) is 0 Å². The third-order valence-electron chi connectivity index (χ3n) is 4.27. The Morgan fingerprint density at radius 2 is 1.85 bits per heavy atom. The van der Waals surface area contributed by atoms with Crippen molar-refractivity contribution in [1.82, 2.24) is 10.6 Å². The zero-order valence-electron chi connectivity index (χ0n) is 14.4. The molecule has 2 aromatic carbocycles. The lowest BCUT2D eigenvalue weighted by atomic mass is 10.1. The van der Waals surface area contributed by atoms with Gasteiger partial charge in [0.1, 0.15) is 6.61 Å². The summed E-state index contributed by atoms with van der Waals surface area (Å²) in [6.45, 7) is 2.28. The van der Waals surface area contributed by atoms with Crippen LogP contribution in [0.15, 0.2) is 54.6 Å². The van der Waals surface area contributed by atoms with Crippen molar-refractivity contribution in [2.75, 3.05) is 13.1 Å². The predicted molar refractivity (Wildman–Crippen MR) is 102 cm³/mol. The van der Waals surface area contributed by atoms with Crippen LogP contribution in [0.5, 0.6) is 0 Å². The van der Waals surface area contributed by atoms with Gasteiger partial charge in [-0.25, -0.2) is 4.79 Å². The summed E-state index contributed by atoms with van der Waals surface area (Å²) in [5.41, 5.74) is 2.32. The van der Waals surface area contributed by atoms with Gasteiger partial charge in [-0.15, -0.1) is 12.4 Å². The zero-order valence-corrected chi connectivity index (χ0v) is 15.3. The van der Waals surface area contributed by atoms with Gasteiger partial charge >= 0.3 is 5.97 Å². The summed E-state index contributed by atoms with van der Waals surface area (Å²) in [5.74, 6) is -0.266. The van der Waals surface area contributed by atoms with Crippen LogP contribution in [-0.4, -0.2) is 25.0 Å². The standard InChI is InChI=1S/C20H22N2O3.ClH/c23-19(18-9-10-21-13-18)22-12-16-7-4-8-17(11-16)20(24)25-14-15-5-2-1-3-6-15;/h1-8,11,18,21H,9-10,12-14H2,(H,22,23);1H. The van der Waals surface area contributed by atoms with Crippen LogP contribution in [0.3, 0.4) is 0 Å². The first-order valence-corrected chi connectivity index (χ1v) is 8.51. The summed E-state index contributed by atoms with van der Waals surface area (Å²) < 4.78 is 5.34. The number of benzene rings is 2. The molecule has 26 heavy (non-hydrogen) atoms. The second-order valence-electron chi connectivity index (χ2n) is 6.17. The average molecular weight is 375 g/mol. The molecule has 2 N–H and O–H groups in total. The molecule has 1 aliphatic heterocycles. The van der Waals surface area contributed by atoms with Gasteiger partial charge in [-0.05, 0) is 36.2 Å². The van der Waals surface area contributed by atoms with Gasteiger partial charge in [0.15, 0.2) is 0 Å². The van der Waals surface area contributed by atoms with E-state index in [2.05, 4.69) is 10.6 Å². The maximum absolute atomic E-state index is 12.2. The van der Waals surface area contributed by atoms with Crippen molar-refractivity contribution in [3.05, 3.63) is 71.3 Å². The largest absolute Gasteiger partial charge is 0.457 e. The van der Waals surface area contributed by atoms with Crippen molar-refractivity contribution in [2.24, 2.45) is 5.92 Å². The van der Waals surface area contributed by atoms with E-state index in [0.717, 1.165) is 30.6 Å². The van der Waals surface area contributed by atoms with Gasteiger partial charge in [-0.2, -0.15) is 0 Å². The molecule has 1 saturated heterocycles. The molecule has 0 aliphatic carbocycles. The summed E-state index contributed by atoms with van der Waals surface area (Å²) in [7, 11) is 0. The number of hydrogen-bond donors (Lipinski definition) is 2. The van der Waals surface area contributed by atoms with E-state index in [0.29, 0.717) is 12.1 Å². The van der Waals surface area contributed by atoms with Gasteiger partial charge in [0.05, 0.1) is 11.5 Å². The lowest BCUT2D eigenvalue weighted by molar-refractivity contribution is -0.124. The molecule has 2 aromatic rings. The van der Waals surface area contributed by atoms with Crippen molar-refractivity contribution in [2.45, 2.75) is 19.6 Å². The number of rotatable bonds is 6. The fourth-order valence-electron chi connectivity index (χ4n) is 2.83. The Morgan fingerprint density at radius 3 is 2.58 bits per heavy atom. The van der Waals surface area contributed by atoms with E-state index in [1.165, 1.54) is 0 Å². The molecular weight excluding hydrogens is 352 g/mol. The Balaban J connectivity index is 0.00000243. The van der Waals surface area contributed by atoms with Gasteiger partial charge in [-0.3, -0.25) is 4.79 Å². The normalized spacial score (nSPS) is 15.8. The van der Waals surface area contributed by atoms with Gasteiger partial charge in [0.25, 0.3) is 0 Å². The first-order valence-electron chi connectivity index (χ1n) is 8.51. The van der Waals surface area contributed by atoms with Gasteiger partial charge in [0, 0.05) is 13.1 Å². The number of ether oxygens (including phenoxy) is 1. The zero-order chi connectivity index (χ0) is 17.5. The number of carbonyl (C=O) groups is 2. The highest BCUT2D eigenvalue weighted by Gasteiger charge is 2.21. The van der Waals surface area contributed by atoms with Crippen molar-refractivity contribution in [3.8, 4) is 0 Å². The third kappa shape index (κ3) is 5.58. The monoisotopic (exact) mass is 374 g/mol. The molecule has 1 aliphatic rings. The van der Waals surface area contributed by atoms with E-state index in [1.807, 2.05) is 36.4 Å². The van der Waals surface area contributed by atoms with Crippen molar-refractivity contribution in [3.63, 3.8) is 0 Å². The van der Waals surface area contributed by atoms with E-state index in [9.17, 15) is 9.59 Å². The molecule has 0 spiro atoms. The highest BCUT2D eigenvalue weighted by atomic mass is 35.5. The molecule has 0 radical (unpaired) electrons. The fourth-order valence-corrected chi connectivity index (χ4v) is 2.83. The minimum Gasteiger partial charge on any atom is -0.457 e. The van der Waals surface area contributed by atoms with Crippen LogP contribution in [-0.2, 0) is 22.7 Å². The number of nitrogens with one attached hydrogen (secondary N) is 2. The molecule has 5 nitrogen and oxygen atoms in total. The Bertz CT molecular complexity index is 731. The third-order valence-corrected chi connectivity index (χ3v) is 4.27. The van der Waals surface area contributed by atoms with Gasteiger partial charge < -0.3 is 15.4 Å². The van der Waals surface area contributed by atoms with E-state index in [4.69, 9.17) is 4.74 Å². The van der Waals surface area contributed by atoms with Crippen LogP contribution < -0.4 is 10.6 Å². The predicted octanol–water partition coefficient (Wildman–Crippen LogP) is 2.69. The van der Waals surface area contributed by atoms with Crippen LogP contribution in [0.4, 0.5) is 0 Å². The highest BCUT2D eigenvalue weighted by Crippen LogP contribution is 2.11. The van der Waals surface area contributed by atoms with Crippen LogP contribution in [0.1, 0.15) is 27.9 Å². The van der Waals surface area contributed by atoms with E-state index in [1.54, 1.807) is 18.2 Å². The molecule has 1 unspecified atom stereocenters. The summed E-state index contributed by atoms with van der Waals surface area (Å²) in [6, 6.07) is 16.7. The molecule has 0 bridgehead atoms. The smallest absolute Gasteiger partial charge is 0.338 e. The van der Waals surface area contributed by atoms with Gasteiger partial charge in [0.2, 0.25) is 5.91 Å². The number of esters is 1. The summed E-state index contributed by atoms with van der Waals surface area (Å²) in [5, 5.41) is 6.11. The number of carbonyl (C=O) groups excluding carboxylic acids is 2. The molecule has 1 atom stereocenters. The Morgan fingerprint density at radius 1 is 1.08 bits per heavy atom. The quantitative estimate of drug-likeness (QED) is 0.763. The topological polar surface area (TPSA) is 67.4 Å². The fraction of sp³-hybridized carbons (Fsp3) is 0.300. The molecule has 1 heterocycles. The average Bonchev–Trinajstić information content (AvgIpc) is 3.20. The van der Waals surface area contributed by atoms with E-state index < -0.39 is 0 Å². The highest BCUT2D eigenvalue weighted by molar-refractivity contribution is 5.89. The Hall–Kier alpha value is -2.37. The maximum atomic E-state index is 12.2. The molecule has 3 rings (SSSR count). The van der Waals surface area contributed by atoms with Crippen LogP contribution >= 0.6 is 12.4 Å². The molecular formula is C20H23ClN2O3. The minimum absolute atomic E-state index is 0. The SMILES string of the molecule is Cl.O=C(OCc1ccccc1)c1cccc(CNC(=O)C2CCNC2)c1. The Labute approximate surface area is 159 Å². The molecule has 1 amide bonds. The first-order chi connectivity index (χ1) is 12.2. The summed E-state index contributed by atoms with van der Waals surface area (Å²) in [6.07, 6.45) is 0.873. The molecule has 0 saturated carbocycles. The second-order valence-corrected chi connectivity index (χ2v) is 6.17. The van der Waals surface area contributed by atoms with Crippen LogP contribution in [0, 0.1) is 5.92 Å². The summed E-state index contributed by atoms with van der Waals surface area (Å²) in [4.78, 5) is 24.3. The van der Waals surface area contributed by atoms with Crippen molar-refractivity contribution in [1.29, 1.82) is 0 Å². The van der Waals surface area contributed by atoms with Crippen LogP contribution in [0.2, 0.25) is 0 Å². The number of halogens is 1. The number of amides is 1. The molecule has 1 fully saturated rings. The molecule has 0 aromatic heterocycles. The van der Waals surface area contributed by atoms with E-state index >= 15 is 0 Å². The van der Waals surface area contributed by atoms with Crippen molar-refractivity contribution >= 4 is 24.3 Å². The second kappa shape index (κ2) is 9.94.